The monoisotopic (exact) mass is 370 g/mol. The SMILES string of the molecule is Cc1c(C)c(C)c(C(=O)C(Cc2ccccc2)Cc2ccccc2)c(C)c1C. The summed E-state index contributed by atoms with van der Waals surface area (Å²) in [5.74, 6) is 0.206. The van der Waals surface area contributed by atoms with Crippen molar-refractivity contribution < 1.29 is 4.79 Å². The highest BCUT2D eigenvalue weighted by atomic mass is 16.1. The van der Waals surface area contributed by atoms with Gasteiger partial charge in [0.2, 0.25) is 0 Å². The molecule has 0 amide bonds. The second-order valence-corrected chi connectivity index (χ2v) is 7.94. The lowest BCUT2D eigenvalue weighted by Gasteiger charge is -2.22. The van der Waals surface area contributed by atoms with Crippen molar-refractivity contribution in [1.29, 1.82) is 0 Å². The van der Waals surface area contributed by atoms with Crippen molar-refractivity contribution in [2.24, 2.45) is 5.92 Å². The number of benzene rings is 3. The van der Waals surface area contributed by atoms with Crippen molar-refractivity contribution in [2.45, 2.75) is 47.5 Å². The average Bonchev–Trinajstić information content (AvgIpc) is 2.72. The van der Waals surface area contributed by atoms with Gasteiger partial charge in [-0.3, -0.25) is 4.79 Å². The predicted octanol–water partition coefficient (Wildman–Crippen LogP) is 6.51. The van der Waals surface area contributed by atoms with E-state index >= 15 is 0 Å². The largest absolute Gasteiger partial charge is 0.294 e. The van der Waals surface area contributed by atoms with Crippen LogP contribution in [0.1, 0.15) is 49.3 Å². The van der Waals surface area contributed by atoms with Crippen LogP contribution >= 0.6 is 0 Å². The summed E-state index contributed by atoms with van der Waals surface area (Å²) in [5, 5.41) is 0. The van der Waals surface area contributed by atoms with Gasteiger partial charge in [-0.25, -0.2) is 0 Å². The van der Waals surface area contributed by atoms with Crippen LogP contribution in [0.25, 0.3) is 0 Å². The van der Waals surface area contributed by atoms with Gasteiger partial charge in [-0.15, -0.1) is 0 Å². The van der Waals surface area contributed by atoms with Gasteiger partial charge in [0.15, 0.2) is 5.78 Å². The van der Waals surface area contributed by atoms with Crippen LogP contribution in [0.15, 0.2) is 60.7 Å². The van der Waals surface area contributed by atoms with Gasteiger partial charge in [0.25, 0.3) is 0 Å². The molecule has 0 N–H and O–H groups in total. The molecule has 0 unspecified atom stereocenters. The molecule has 0 aromatic heterocycles. The fraction of sp³-hybridized carbons (Fsp3) is 0.296. The van der Waals surface area contributed by atoms with E-state index in [2.05, 4.69) is 83.1 Å². The number of carbonyl (C=O) groups is 1. The van der Waals surface area contributed by atoms with E-state index in [0.29, 0.717) is 0 Å². The highest BCUT2D eigenvalue weighted by Gasteiger charge is 2.26. The molecule has 1 heteroatoms. The molecule has 0 atom stereocenters. The first kappa shape index (κ1) is 20.1. The second kappa shape index (κ2) is 8.56. The third-order valence-corrected chi connectivity index (χ3v) is 6.27. The molecule has 0 aliphatic rings. The predicted molar refractivity (Wildman–Crippen MR) is 118 cm³/mol. The summed E-state index contributed by atoms with van der Waals surface area (Å²) in [6, 6.07) is 20.7. The Morgan fingerprint density at radius 2 is 0.964 bits per heavy atom. The Morgan fingerprint density at radius 3 is 1.36 bits per heavy atom. The molecule has 0 heterocycles. The van der Waals surface area contributed by atoms with Crippen molar-refractivity contribution in [3.8, 4) is 0 Å². The van der Waals surface area contributed by atoms with Gasteiger partial charge in [-0.1, -0.05) is 60.7 Å². The van der Waals surface area contributed by atoms with Gasteiger partial charge in [0.1, 0.15) is 0 Å². The highest BCUT2D eigenvalue weighted by Crippen LogP contribution is 2.30. The normalized spacial score (nSPS) is 11.1. The first-order valence-corrected chi connectivity index (χ1v) is 10.1. The number of Topliss-reactive ketones (excluding diaryl/α,β-unsaturated/α-hetero) is 1. The van der Waals surface area contributed by atoms with E-state index in [4.69, 9.17) is 0 Å². The van der Waals surface area contributed by atoms with Crippen LogP contribution in [0.4, 0.5) is 0 Å². The maximum Gasteiger partial charge on any atom is 0.167 e. The summed E-state index contributed by atoms with van der Waals surface area (Å²) < 4.78 is 0. The lowest BCUT2D eigenvalue weighted by Crippen LogP contribution is -2.23. The van der Waals surface area contributed by atoms with Crippen molar-refractivity contribution >= 4 is 5.78 Å². The molecule has 0 bridgehead atoms. The van der Waals surface area contributed by atoms with E-state index in [-0.39, 0.29) is 11.7 Å². The summed E-state index contributed by atoms with van der Waals surface area (Å²) in [4.78, 5) is 13.8. The summed E-state index contributed by atoms with van der Waals surface area (Å²) in [5.41, 5.74) is 9.41. The Kier molecular flexibility index (Phi) is 6.14. The van der Waals surface area contributed by atoms with Gasteiger partial charge < -0.3 is 0 Å². The molecule has 0 fully saturated rings. The Hall–Kier alpha value is -2.67. The molecular weight excluding hydrogens is 340 g/mol. The number of rotatable bonds is 6. The molecule has 0 spiro atoms. The quantitative estimate of drug-likeness (QED) is 0.452. The molecular formula is C27H30O. The maximum absolute atomic E-state index is 13.8. The molecule has 144 valence electrons. The number of hydrogen-bond acceptors (Lipinski definition) is 1. The Labute approximate surface area is 169 Å². The zero-order chi connectivity index (χ0) is 20.3. The van der Waals surface area contributed by atoms with E-state index in [1.807, 2.05) is 12.1 Å². The van der Waals surface area contributed by atoms with Crippen molar-refractivity contribution in [3.63, 3.8) is 0 Å². The molecule has 3 rings (SSSR count). The van der Waals surface area contributed by atoms with Crippen LogP contribution in [0, 0.1) is 40.5 Å². The molecule has 0 aliphatic carbocycles. The molecule has 0 saturated carbocycles. The van der Waals surface area contributed by atoms with Gasteiger partial charge >= 0.3 is 0 Å². The lowest BCUT2D eigenvalue weighted by atomic mass is 9.80. The zero-order valence-electron chi connectivity index (χ0n) is 17.7. The third-order valence-electron chi connectivity index (χ3n) is 6.27. The van der Waals surface area contributed by atoms with E-state index in [1.54, 1.807) is 0 Å². The number of hydrogen-bond donors (Lipinski definition) is 0. The van der Waals surface area contributed by atoms with Gasteiger partial charge in [-0.2, -0.15) is 0 Å². The highest BCUT2D eigenvalue weighted by molar-refractivity contribution is 6.01. The summed E-state index contributed by atoms with van der Waals surface area (Å²) in [6.45, 7) is 10.6. The molecule has 0 aliphatic heterocycles. The van der Waals surface area contributed by atoms with Crippen LogP contribution in [0.5, 0.6) is 0 Å². The van der Waals surface area contributed by atoms with Crippen LogP contribution in [0.3, 0.4) is 0 Å². The Morgan fingerprint density at radius 1 is 0.607 bits per heavy atom. The standard InChI is InChI=1S/C27H30O/c1-18-19(2)21(4)26(22(5)20(18)3)27(28)25(16-23-12-8-6-9-13-23)17-24-14-10-7-11-15-24/h6-15,25H,16-17H2,1-5H3. The lowest BCUT2D eigenvalue weighted by molar-refractivity contribution is 0.0917. The fourth-order valence-electron chi connectivity index (χ4n) is 4.13. The molecule has 3 aromatic carbocycles. The summed E-state index contributed by atoms with van der Waals surface area (Å²) in [6.07, 6.45) is 1.53. The van der Waals surface area contributed by atoms with Crippen molar-refractivity contribution in [2.75, 3.05) is 0 Å². The van der Waals surface area contributed by atoms with Crippen LogP contribution in [-0.4, -0.2) is 5.78 Å². The van der Waals surface area contributed by atoms with Crippen LogP contribution in [0.2, 0.25) is 0 Å². The van der Waals surface area contributed by atoms with Crippen molar-refractivity contribution in [3.05, 3.63) is 105 Å². The topological polar surface area (TPSA) is 17.1 Å². The van der Waals surface area contributed by atoms with E-state index in [1.165, 1.54) is 27.8 Å². The first-order chi connectivity index (χ1) is 13.4. The second-order valence-electron chi connectivity index (χ2n) is 7.94. The maximum atomic E-state index is 13.8. The molecule has 0 radical (unpaired) electrons. The molecule has 28 heavy (non-hydrogen) atoms. The molecule has 1 nitrogen and oxygen atoms in total. The zero-order valence-corrected chi connectivity index (χ0v) is 17.7. The first-order valence-electron chi connectivity index (χ1n) is 10.1. The minimum Gasteiger partial charge on any atom is -0.294 e. The number of ketones is 1. The van der Waals surface area contributed by atoms with Gasteiger partial charge in [0.05, 0.1) is 0 Å². The van der Waals surface area contributed by atoms with Crippen LogP contribution in [-0.2, 0) is 12.8 Å². The number of carbonyl (C=O) groups excluding carboxylic acids is 1. The van der Waals surface area contributed by atoms with Crippen LogP contribution < -0.4 is 0 Å². The van der Waals surface area contributed by atoms with Crippen molar-refractivity contribution in [1.82, 2.24) is 0 Å². The van der Waals surface area contributed by atoms with Gasteiger partial charge in [-0.05, 0) is 86.4 Å². The Balaban J connectivity index is 2.04. The fourth-order valence-corrected chi connectivity index (χ4v) is 4.13. The average molecular weight is 371 g/mol. The van der Waals surface area contributed by atoms with E-state index in [0.717, 1.165) is 29.5 Å². The minimum atomic E-state index is -0.0660. The Bertz CT molecular complexity index is 898. The molecule has 0 saturated heterocycles. The smallest absolute Gasteiger partial charge is 0.167 e. The van der Waals surface area contributed by atoms with E-state index in [9.17, 15) is 4.79 Å². The van der Waals surface area contributed by atoms with E-state index < -0.39 is 0 Å². The third kappa shape index (κ3) is 4.09. The summed E-state index contributed by atoms with van der Waals surface area (Å²) in [7, 11) is 0. The van der Waals surface area contributed by atoms with Gasteiger partial charge in [0, 0.05) is 11.5 Å². The summed E-state index contributed by atoms with van der Waals surface area (Å²) >= 11 is 0. The minimum absolute atomic E-state index is 0.0660. The molecule has 3 aromatic rings.